The number of hydrogen-bond donors (Lipinski definition) is 2. The molecule has 0 radical (unpaired) electrons. The number of halogens is 1. The van der Waals surface area contributed by atoms with E-state index < -0.39 is 0 Å². The number of hydrogen-bond acceptors (Lipinski definition) is 2. The van der Waals surface area contributed by atoms with Crippen molar-refractivity contribution in [3.05, 3.63) is 40.9 Å². The number of amides is 1. The van der Waals surface area contributed by atoms with Crippen molar-refractivity contribution < 1.29 is 4.79 Å². The smallest absolute Gasteiger partial charge is 0.238 e. The first-order chi connectivity index (χ1) is 8.17. The molecule has 92 valence electrons. The van der Waals surface area contributed by atoms with Gasteiger partial charge in [0, 0.05) is 16.7 Å². The Morgan fingerprint density at radius 3 is 2.94 bits per heavy atom. The van der Waals surface area contributed by atoms with E-state index in [1.807, 2.05) is 18.2 Å². The summed E-state index contributed by atoms with van der Waals surface area (Å²) < 4.78 is 1.03. The van der Waals surface area contributed by atoms with Crippen molar-refractivity contribution in [1.82, 2.24) is 5.32 Å². The summed E-state index contributed by atoms with van der Waals surface area (Å²) in [5, 5.41) is 5.86. The lowest BCUT2D eigenvalue weighted by Gasteiger charge is -2.10. The standard InChI is InChI=1S/C13H17BrN2O/c1-3-7-15-9-13(17)16-12-6-5-11(14)8-10(12)4-2/h3,5-6,8,15H,1,4,7,9H2,2H3,(H,16,17). The third kappa shape index (κ3) is 4.71. The number of carbonyl (C=O) groups is 1. The summed E-state index contributed by atoms with van der Waals surface area (Å²) in [5.41, 5.74) is 2.00. The number of benzene rings is 1. The quantitative estimate of drug-likeness (QED) is 0.626. The van der Waals surface area contributed by atoms with Crippen molar-refractivity contribution in [2.24, 2.45) is 0 Å². The first kappa shape index (κ1) is 13.9. The first-order valence-electron chi connectivity index (χ1n) is 5.57. The first-order valence-corrected chi connectivity index (χ1v) is 6.36. The Bertz CT molecular complexity index is 404. The average Bonchev–Trinajstić information content (AvgIpc) is 2.32. The van der Waals surface area contributed by atoms with Gasteiger partial charge < -0.3 is 10.6 Å². The number of aryl methyl sites for hydroxylation is 1. The highest BCUT2D eigenvalue weighted by Gasteiger charge is 2.05. The summed E-state index contributed by atoms with van der Waals surface area (Å²) in [7, 11) is 0. The molecule has 0 atom stereocenters. The predicted octanol–water partition coefficient (Wildman–Crippen LogP) is 2.73. The molecule has 0 heterocycles. The molecule has 0 aromatic heterocycles. The van der Waals surface area contributed by atoms with Gasteiger partial charge in [-0.25, -0.2) is 0 Å². The number of anilines is 1. The SMILES string of the molecule is C=CCNCC(=O)Nc1ccc(Br)cc1CC. The third-order valence-corrected chi connectivity index (χ3v) is 2.79. The van der Waals surface area contributed by atoms with Gasteiger partial charge in [0.2, 0.25) is 5.91 Å². The molecular formula is C13H17BrN2O. The van der Waals surface area contributed by atoms with Crippen LogP contribution in [0.25, 0.3) is 0 Å². The molecule has 0 spiro atoms. The van der Waals surface area contributed by atoms with Crippen LogP contribution < -0.4 is 10.6 Å². The number of nitrogens with one attached hydrogen (secondary N) is 2. The molecule has 2 N–H and O–H groups in total. The second kappa shape index (κ2) is 7.25. The van der Waals surface area contributed by atoms with Crippen molar-refractivity contribution in [3.63, 3.8) is 0 Å². The maximum Gasteiger partial charge on any atom is 0.238 e. The van der Waals surface area contributed by atoms with Gasteiger partial charge in [-0.15, -0.1) is 6.58 Å². The predicted molar refractivity (Wildman–Crippen MR) is 75.2 cm³/mol. The molecule has 0 aliphatic carbocycles. The van der Waals surface area contributed by atoms with Crippen molar-refractivity contribution in [1.29, 1.82) is 0 Å². The summed E-state index contributed by atoms with van der Waals surface area (Å²) in [5.74, 6) is -0.0381. The van der Waals surface area contributed by atoms with Crippen LogP contribution in [0.3, 0.4) is 0 Å². The van der Waals surface area contributed by atoms with E-state index in [9.17, 15) is 4.79 Å². The molecule has 0 saturated carbocycles. The third-order valence-electron chi connectivity index (χ3n) is 2.30. The zero-order valence-corrected chi connectivity index (χ0v) is 11.5. The lowest BCUT2D eigenvalue weighted by Crippen LogP contribution is -2.28. The highest BCUT2D eigenvalue weighted by Crippen LogP contribution is 2.21. The highest BCUT2D eigenvalue weighted by molar-refractivity contribution is 9.10. The average molecular weight is 297 g/mol. The van der Waals surface area contributed by atoms with Gasteiger partial charge in [-0.2, -0.15) is 0 Å². The summed E-state index contributed by atoms with van der Waals surface area (Å²) in [6, 6.07) is 5.85. The van der Waals surface area contributed by atoms with Gasteiger partial charge in [-0.1, -0.05) is 28.9 Å². The lowest BCUT2D eigenvalue weighted by molar-refractivity contribution is -0.115. The minimum atomic E-state index is -0.0381. The Morgan fingerprint density at radius 2 is 2.29 bits per heavy atom. The molecule has 1 aromatic rings. The van der Waals surface area contributed by atoms with E-state index in [0.29, 0.717) is 13.1 Å². The summed E-state index contributed by atoms with van der Waals surface area (Å²) >= 11 is 3.42. The molecular weight excluding hydrogens is 280 g/mol. The molecule has 0 unspecified atom stereocenters. The van der Waals surface area contributed by atoms with E-state index in [-0.39, 0.29) is 5.91 Å². The van der Waals surface area contributed by atoms with Crippen LogP contribution in [0.4, 0.5) is 5.69 Å². The van der Waals surface area contributed by atoms with E-state index in [2.05, 4.69) is 40.1 Å². The number of rotatable bonds is 6. The second-order valence-corrected chi connectivity index (χ2v) is 4.54. The lowest BCUT2D eigenvalue weighted by atomic mass is 10.1. The summed E-state index contributed by atoms with van der Waals surface area (Å²) in [6.45, 7) is 6.57. The van der Waals surface area contributed by atoms with Crippen molar-refractivity contribution >= 4 is 27.5 Å². The number of carbonyl (C=O) groups excluding carboxylic acids is 1. The minimum Gasteiger partial charge on any atom is -0.325 e. The normalized spacial score (nSPS) is 10.0. The summed E-state index contributed by atoms with van der Waals surface area (Å²) in [4.78, 5) is 11.6. The molecule has 3 nitrogen and oxygen atoms in total. The maximum atomic E-state index is 11.6. The van der Waals surface area contributed by atoms with Gasteiger partial charge in [0.05, 0.1) is 6.54 Å². The fraction of sp³-hybridized carbons (Fsp3) is 0.308. The monoisotopic (exact) mass is 296 g/mol. The van der Waals surface area contributed by atoms with Crippen LogP contribution in [0.15, 0.2) is 35.3 Å². The molecule has 0 bridgehead atoms. The van der Waals surface area contributed by atoms with Gasteiger partial charge in [-0.3, -0.25) is 4.79 Å². The van der Waals surface area contributed by atoms with E-state index in [1.165, 1.54) is 0 Å². The molecule has 1 rings (SSSR count). The van der Waals surface area contributed by atoms with E-state index in [4.69, 9.17) is 0 Å². The molecule has 17 heavy (non-hydrogen) atoms. The van der Waals surface area contributed by atoms with E-state index in [1.54, 1.807) is 6.08 Å². The van der Waals surface area contributed by atoms with Crippen molar-refractivity contribution in [3.8, 4) is 0 Å². The van der Waals surface area contributed by atoms with Gasteiger partial charge in [-0.05, 0) is 30.2 Å². The zero-order chi connectivity index (χ0) is 12.7. The van der Waals surface area contributed by atoms with Crippen molar-refractivity contribution in [2.45, 2.75) is 13.3 Å². The molecule has 1 amide bonds. The van der Waals surface area contributed by atoms with Crippen LogP contribution in [0.1, 0.15) is 12.5 Å². The topological polar surface area (TPSA) is 41.1 Å². The van der Waals surface area contributed by atoms with Gasteiger partial charge >= 0.3 is 0 Å². The molecule has 1 aromatic carbocycles. The molecule has 0 aliphatic rings. The van der Waals surface area contributed by atoms with Crippen LogP contribution in [0.2, 0.25) is 0 Å². The van der Waals surface area contributed by atoms with E-state index >= 15 is 0 Å². The Kier molecular flexibility index (Phi) is 5.94. The fourth-order valence-electron chi connectivity index (χ4n) is 1.46. The second-order valence-electron chi connectivity index (χ2n) is 3.62. The van der Waals surface area contributed by atoms with Crippen LogP contribution in [-0.4, -0.2) is 19.0 Å². The zero-order valence-electron chi connectivity index (χ0n) is 9.92. The molecule has 0 fully saturated rings. The van der Waals surface area contributed by atoms with Gasteiger partial charge in [0.25, 0.3) is 0 Å². The van der Waals surface area contributed by atoms with Crippen LogP contribution >= 0.6 is 15.9 Å². The molecule has 0 saturated heterocycles. The van der Waals surface area contributed by atoms with Crippen LogP contribution in [0.5, 0.6) is 0 Å². The van der Waals surface area contributed by atoms with Gasteiger partial charge in [0.15, 0.2) is 0 Å². The summed E-state index contributed by atoms with van der Waals surface area (Å²) in [6.07, 6.45) is 2.61. The molecule has 4 heteroatoms. The van der Waals surface area contributed by atoms with Crippen LogP contribution in [0, 0.1) is 0 Å². The Hall–Kier alpha value is -1.13. The largest absolute Gasteiger partial charge is 0.325 e. The Morgan fingerprint density at radius 1 is 1.53 bits per heavy atom. The van der Waals surface area contributed by atoms with E-state index in [0.717, 1.165) is 22.1 Å². The minimum absolute atomic E-state index is 0.0381. The van der Waals surface area contributed by atoms with Crippen molar-refractivity contribution in [2.75, 3.05) is 18.4 Å². The Balaban J connectivity index is 2.61. The molecule has 0 aliphatic heterocycles. The maximum absolute atomic E-state index is 11.6. The highest BCUT2D eigenvalue weighted by atomic mass is 79.9. The fourth-order valence-corrected chi connectivity index (χ4v) is 1.87. The van der Waals surface area contributed by atoms with Crippen LogP contribution in [-0.2, 0) is 11.2 Å². The Labute approximate surface area is 110 Å². The van der Waals surface area contributed by atoms with Gasteiger partial charge in [0.1, 0.15) is 0 Å².